The molecule has 0 amide bonds. The first-order valence-electron chi connectivity index (χ1n) is 11.0. The Hall–Kier alpha value is -4.25. The van der Waals surface area contributed by atoms with E-state index in [-0.39, 0.29) is 17.9 Å². The molecule has 0 saturated heterocycles. The lowest BCUT2D eigenvalue weighted by atomic mass is 9.87. The summed E-state index contributed by atoms with van der Waals surface area (Å²) in [5.74, 6) is 0.0712. The van der Waals surface area contributed by atoms with E-state index in [2.05, 4.69) is 37.3 Å². The summed E-state index contributed by atoms with van der Waals surface area (Å²) in [5, 5.41) is 0. The summed E-state index contributed by atoms with van der Waals surface area (Å²) in [4.78, 5) is 27.3. The minimum Gasteiger partial charge on any atom is -0.427 e. The van der Waals surface area contributed by atoms with E-state index in [9.17, 15) is 9.59 Å². The molecule has 4 aromatic rings. The summed E-state index contributed by atoms with van der Waals surface area (Å²) in [6.45, 7) is 4.82. The van der Waals surface area contributed by atoms with Crippen molar-refractivity contribution in [3.63, 3.8) is 0 Å². The zero-order valence-corrected chi connectivity index (χ0v) is 19.3. The van der Waals surface area contributed by atoms with Gasteiger partial charge in [0.2, 0.25) is 0 Å². The minimum atomic E-state index is -0.363. The first-order chi connectivity index (χ1) is 16.4. The molecule has 4 rings (SSSR count). The van der Waals surface area contributed by atoms with E-state index in [1.54, 1.807) is 24.3 Å². The van der Waals surface area contributed by atoms with Crippen LogP contribution in [0.3, 0.4) is 0 Å². The number of aryl methyl sites for hydroxylation is 1. The van der Waals surface area contributed by atoms with Crippen LogP contribution in [0.15, 0.2) is 91.1 Å². The molecule has 5 nitrogen and oxygen atoms in total. The van der Waals surface area contributed by atoms with Gasteiger partial charge in [0, 0.05) is 20.0 Å². The van der Waals surface area contributed by atoms with Gasteiger partial charge < -0.3 is 9.47 Å². The van der Waals surface area contributed by atoms with Crippen molar-refractivity contribution in [1.29, 1.82) is 0 Å². The average Bonchev–Trinajstić information content (AvgIpc) is 2.81. The molecule has 0 aliphatic heterocycles. The van der Waals surface area contributed by atoms with Crippen LogP contribution in [0.1, 0.15) is 42.1 Å². The molecule has 0 fully saturated rings. The van der Waals surface area contributed by atoms with Gasteiger partial charge in [-0.2, -0.15) is 0 Å². The van der Waals surface area contributed by atoms with E-state index in [1.807, 2.05) is 36.5 Å². The molecule has 0 aliphatic rings. The highest BCUT2D eigenvalue weighted by Gasteiger charge is 2.19. The fraction of sp³-hybridized carbons (Fsp3) is 0.138. The van der Waals surface area contributed by atoms with E-state index < -0.39 is 0 Å². The number of nitrogens with zero attached hydrogens (tertiary/aromatic N) is 1. The molecule has 0 radical (unpaired) electrons. The second-order valence-corrected chi connectivity index (χ2v) is 8.09. The average molecular weight is 452 g/mol. The summed E-state index contributed by atoms with van der Waals surface area (Å²) in [6, 6.07) is 27.3. The number of pyridine rings is 1. The molecule has 34 heavy (non-hydrogen) atoms. The second kappa shape index (κ2) is 10.1. The molecule has 0 bridgehead atoms. The van der Waals surface area contributed by atoms with Gasteiger partial charge in [-0.05, 0) is 65.6 Å². The van der Waals surface area contributed by atoms with E-state index >= 15 is 0 Å². The van der Waals surface area contributed by atoms with E-state index in [4.69, 9.17) is 14.5 Å². The largest absolute Gasteiger partial charge is 0.427 e. The van der Waals surface area contributed by atoms with Crippen molar-refractivity contribution in [1.82, 2.24) is 4.98 Å². The van der Waals surface area contributed by atoms with Crippen LogP contribution in [-0.2, 0) is 9.59 Å². The molecule has 0 N–H and O–H groups in total. The van der Waals surface area contributed by atoms with Gasteiger partial charge in [-0.3, -0.25) is 14.6 Å². The number of aromatic nitrogens is 1. The minimum absolute atomic E-state index is 0.178. The third-order valence-corrected chi connectivity index (χ3v) is 5.41. The van der Waals surface area contributed by atoms with Crippen LogP contribution in [0.5, 0.6) is 11.5 Å². The fourth-order valence-corrected chi connectivity index (χ4v) is 3.85. The fourth-order valence-electron chi connectivity index (χ4n) is 3.85. The van der Waals surface area contributed by atoms with Crippen LogP contribution in [0.25, 0.3) is 11.1 Å². The molecule has 0 spiro atoms. The van der Waals surface area contributed by atoms with Crippen molar-refractivity contribution >= 4 is 11.9 Å². The molecular formula is C29H25NO4. The van der Waals surface area contributed by atoms with Crippen molar-refractivity contribution in [3.05, 3.63) is 114 Å². The smallest absolute Gasteiger partial charge is 0.308 e. The molecule has 5 heteroatoms. The summed E-state index contributed by atoms with van der Waals surface area (Å²) in [6.07, 6.45) is 1.82. The molecule has 3 aromatic carbocycles. The van der Waals surface area contributed by atoms with Gasteiger partial charge >= 0.3 is 11.9 Å². The first-order valence-corrected chi connectivity index (χ1v) is 11.0. The third kappa shape index (κ3) is 5.56. The standard InChI is InChI=1S/C29H25NO4/c1-19-4-6-22(7-5-19)25-16-17-30-28(18-25)29(23-8-12-26(13-9-23)33-20(2)31)24-10-14-27(15-11-24)34-21(3)32/h4-18,29H,1-3H3. The zero-order valence-electron chi connectivity index (χ0n) is 19.3. The molecule has 0 saturated carbocycles. The van der Waals surface area contributed by atoms with Gasteiger partial charge in [-0.1, -0.05) is 54.1 Å². The third-order valence-electron chi connectivity index (χ3n) is 5.41. The van der Waals surface area contributed by atoms with Gasteiger partial charge in [0.25, 0.3) is 0 Å². The first kappa shape index (κ1) is 22.9. The normalized spacial score (nSPS) is 10.7. The van der Waals surface area contributed by atoms with Crippen molar-refractivity contribution in [3.8, 4) is 22.6 Å². The number of carbonyl (C=O) groups is 2. The van der Waals surface area contributed by atoms with Gasteiger partial charge in [-0.15, -0.1) is 0 Å². The molecule has 1 aromatic heterocycles. The molecule has 0 unspecified atom stereocenters. The number of ether oxygens (including phenoxy) is 2. The molecule has 0 aliphatic carbocycles. The van der Waals surface area contributed by atoms with Crippen LogP contribution in [0, 0.1) is 6.92 Å². The summed E-state index contributed by atoms with van der Waals surface area (Å²) in [7, 11) is 0. The Morgan fingerprint density at radius 3 is 1.65 bits per heavy atom. The highest BCUT2D eigenvalue weighted by Crippen LogP contribution is 2.34. The van der Waals surface area contributed by atoms with Crippen LogP contribution in [0.4, 0.5) is 0 Å². The lowest BCUT2D eigenvalue weighted by Crippen LogP contribution is -2.07. The van der Waals surface area contributed by atoms with Gasteiger partial charge in [-0.25, -0.2) is 0 Å². The van der Waals surface area contributed by atoms with Crippen LogP contribution < -0.4 is 9.47 Å². The number of benzene rings is 3. The molecule has 170 valence electrons. The lowest BCUT2D eigenvalue weighted by Gasteiger charge is -2.19. The maximum Gasteiger partial charge on any atom is 0.308 e. The highest BCUT2D eigenvalue weighted by molar-refractivity contribution is 5.70. The maximum atomic E-state index is 11.3. The Morgan fingerprint density at radius 2 is 1.18 bits per heavy atom. The van der Waals surface area contributed by atoms with Crippen LogP contribution >= 0.6 is 0 Å². The van der Waals surface area contributed by atoms with Crippen molar-refractivity contribution in [2.75, 3.05) is 0 Å². The monoisotopic (exact) mass is 451 g/mol. The quantitative estimate of drug-likeness (QED) is 0.262. The van der Waals surface area contributed by atoms with Gasteiger partial charge in [0.1, 0.15) is 11.5 Å². The summed E-state index contributed by atoms with van der Waals surface area (Å²) >= 11 is 0. The molecule has 0 atom stereocenters. The maximum absolute atomic E-state index is 11.3. The van der Waals surface area contributed by atoms with Crippen molar-refractivity contribution in [2.45, 2.75) is 26.7 Å². The van der Waals surface area contributed by atoms with E-state index in [0.717, 1.165) is 27.9 Å². The van der Waals surface area contributed by atoms with Crippen LogP contribution in [-0.4, -0.2) is 16.9 Å². The second-order valence-electron chi connectivity index (χ2n) is 8.09. The van der Waals surface area contributed by atoms with Crippen molar-refractivity contribution in [2.24, 2.45) is 0 Å². The summed E-state index contributed by atoms with van der Waals surface area (Å²) < 4.78 is 10.4. The summed E-state index contributed by atoms with van der Waals surface area (Å²) in [5.41, 5.74) is 6.25. The van der Waals surface area contributed by atoms with E-state index in [1.165, 1.54) is 19.4 Å². The predicted molar refractivity (Wildman–Crippen MR) is 131 cm³/mol. The number of rotatable bonds is 6. The molecule has 1 heterocycles. The predicted octanol–water partition coefficient (Wildman–Crippen LogP) is 6.09. The molecular weight excluding hydrogens is 426 g/mol. The Labute approximate surface area is 199 Å². The lowest BCUT2D eigenvalue weighted by molar-refractivity contribution is -0.132. The Balaban J connectivity index is 1.76. The zero-order chi connectivity index (χ0) is 24.1. The number of carbonyl (C=O) groups excluding carboxylic acids is 2. The van der Waals surface area contributed by atoms with Crippen molar-refractivity contribution < 1.29 is 19.1 Å². The van der Waals surface area contributed by atoms with Crippen LogP contribution in [0.2, 0.25) is 0 Å². The topological polar surface area (TPSA) is 65.5 Å². The number of hydrogen-bond donors (Lipinski definition) is 0. The number of esters is 2. The SMILES string of the molecule is CC(=O)Oc1ccc(C(c2ccc(OC(C)=O)cc2)c2cc(-c3ccc(C)cc3)ccn2)cc1. The van der Waals surface area contributed by atoms with E-state index in [0.29, 0.717) is 11.5 Å². The Morgan fingerprint density at radius 1 is 0.676 bits per heavy atom. The number of hydrogen-bond acceptors (Lipinski definition) is 5. The van der Waals surface area contributed by atoms with Gasteiger partial charge in [0.15, 0.2) is 0 Å². The highest BCUT2D eigenvalue weighted by atomic mass is 16.5. The Bertz CT molecular complexity index is 1230. The van der Waals surface area contributed by atoms with Gasteiger partial charge in [0.05, 0.1) is 11.6 Å². The Kier molecular flexibility index (Phi) is 6.83.